The number of aromatic nitrogens is 2. The average molecular weight is 305 g/mol. The molecule has 0 radical (unpaired) electrons. The number of methoxy groups -OCH3 is 1. The summed E-state index contributed by atoms with van der Waals surface area (Å²) < 4.78 is 30.6. The first-order chi connectivity index (χ1) is 10.4. The Hall–Kier alpha value is -2.70. The molecule has 0 amide bonds. The smallest absolute Gasteiger partial charge is 0.339 e. The molecule has 0 atom stereocenters. The van der Waals surface area contributed by atoms with Gasteiger partial charge in [0.05, 0.1) is 12.7 Å². The highest BCUT2D eigenvalue weighted by Gasteiger charge is 2.25. The molecular formula is C15H13F2N3O2. The van der Waals surface area contributed by atoms with Gasteiger partial charge in [-0.15, -0.1) is 0 Å². The molecule has 0 aliphatic rings. The number of halogens is 2. The monoisotopic (exact) mass is 305 g/mol. The van der Waals surface area contributed by atoms with Crippen LogP contribution >= 0.6 is 0 Å². The Labute approximate surface area is 125 Å². The second kappa shape index (κ2) is 6.38. The zero-order valence-corrected chi connectivity index (χ0v) is 12.0. The number of hydrogen-bond donors (Lipinski definition) is 0. The van der Waals surface area contributed by atoms with Gasteiger partial charge in [0.1, 0.15) is 5.69 Å². The van der Waals surface area contributed by atoms with Gasteiger partial charge in [0.15, 0.2) is 5.82 Å². The van der Waals surface area contributed by atoms with Gasteiger partial charge in [-0.3, -0.25) is 4.98 Å². The van der Waals surface area contributed by atoms with Crippen LogP contribution in [0.3, 0.4) is 0 Å². The Morgan fingerprint density at radius 1 is 1.23 bits per heavy atom. The van der Waals surface area contributed by atoms with E-state index in [4.69, 9.17) is 0 Å². The molecule has 7 heteroatoms. The van der Waals surface area contributed by atoms with Gasteiger partial charge < -0.3 is 4.74 Å². The molecule has 0 aromatic carbocycles. The van der Waals surface area contributed by atoms with Crippen molar-refractivity contribution in [3.8, 4) is 0 Å². The number of carbonyl (C=O) groups excluding carboxylic acids is 1. The third-order valence-electron chi connectivity index (χ3n) is 2.75. The summed E-state index contributed by atoms with van der Waals surface area (Å²) in [7, 11) is 1.28. The quantitative estimate of drug-likeness (QED) is 0.643. The van der Waals surface area contributed by atoms with E-state index in [9.17, 15) is 13.6 Å². The first-order valence-corrected chi connectivity index (χ1v) is 6.33. The lowest BCUT2D eigenvalue weighted by Crippen LogP contribution is -2.09. The molecule has 114 valence electrons. The fourth-order valence-corrected chi connectivity index (χ4v) is 1.58. The number of rotatable bonds is 4. The fraction of sp³-hybridized carbons (Fsp3) is 0.200. The lowest BCUT2D eigenvalue weighted by molar-refractivity contribution is 0.0127. The maximum Gasteiger partial charge on any atom is 0.339 e. The van der Waals surface area contributed by atoms with E-state index in [1.807, 2.05) is 0 Å². The highest BCUT2D eigenvalue weighted by molar-refractivity contribution is 5.89. The molecule has 2 heterocycles. The van der Waals surface area contributed by atoms with Crippen LogP contribution in [-0.2, 0) is 10.7 Å². The van der Waals surface area contributed by atoms with Crippen molar-refractivity contribution in [2.24, 2.45) is 4.99 Å². The maximum absolute atomic E-state index is 13.0. The van der Waals surface area contributed by atoms with Gasteiger partial charge in [-0.1, -0.05) is 0 Å². The number of esters is 1. The van der Waals surface area contributed by atoms with Crippen LogP contribution in [-0.4, -0.2) is 29.3 Å². The van der Waals surface area contributed by atoms with Crippen molar-refractivity contribution >= 4 is 18.0 Å². The Morgan fingerprint density at radius 3 is 2.50 bits per heavy atom. The minimum atomic E-state index is -2.97. The lowest BCUT2D eigenvalue weighted by atomic mass is 10.2. The predicted molar refractivity (Wildman–Crippen MR) is 76.6 cm³/mol. The highest BCUT2D eigenvalue weighted by atomic mass is 19.3. The molecule has 2 rings (SSSR count). The normalized spacial score (nSPS) is 11.6. The fourth-order valence-electron chi connectivity index (χ4n) is 1.58. The Balaban J connectivity index is 2.10. The van der Waals surface area contributed by atoms with E-state index in [-0.39, 0.29) is 5.69 Å². The molecule has 2 aromatic heterocycles. The maximum atomic E-state index is 13.0. The second-order valence-electron chi connectivity index (χ2n) is 4.52. The van der Waals surface area contributed by atoms with Gasteiger partial charge in [0, 0.05) is 31.1 Å². The van der Waals surface area contributed by atoms with Gasteiger partial charge >= 0.3 is 5.97 Å². The number of hydrogen-bond acceptors (Lipinski definition) is 5. The Bertz CT molecular complexity index is 677. The van der Waals surface area contributed by atoms with Crippen LogP contribution in [0.4, 0.5) is 14.6 Å². The summed E-state index contributed by atoms with van der Waals surface area (Å²) in [5.41, 5.74) is 0.578. The first-order valence-electron chi connectivity index (χ1n) is 6.33. The molecule has 0 saturated heterocycles. The van der Waals surface area contributed by atoms with Crippen molar-refractivity contribution in [1.82, 2.24) is 9.97 Å². The third kappa shape index (κ3) is 3.91. The number of nitrogens with zero attached hydrogens (tertiary/aromatic N) is 3. The molecular weight excluding hydrogens is 292 g/mol. The Morgan fingerprint density at radius 2 is 2.00 bits per heavy atom. The molecule has 0 saturated carbocycles. The standard InChI is InChI=1S/C15H13F2N3O2/c1-15(16,17)12-5-3-10(7-18-12)8-19-13-6-4-11(9-20-13)14(21)22-2/h3-9H,1-2H3/b19-8+. The van der Waals surface area contributed by atoms with Gasteiger partial charge in [-0.25, -0.2) is 14.8 Å². The van der Waals surface area contributed by atoms with E-state index in [0.717, 1.165) is 6.92 Å². The molecule has 0 aliphatic carbocycles. The first kappa shape index (κ1) is 15.7. The van der Waals surface area contributed by atoms with Crippen molar-refractivity contribution in [3.63, 3.8) is 0 Å². The number of ether oxygens (including phenoxy) is 1. The molecule has 0 unspecified atom stereocenters. The predicted octanol–water partition coefficient (Wildman–Crippen LogP) is 3.13. The van der Waals surface area contributed by atoms with Crippen LogP contribution in [0, 0.1) is 0 Å². The van der Waals surface area contributed by atoms with Crippen molar-refractivity contribution in [2.45, 2.75) is 12.8 Å². The molecule has 0 fully saturated rings. The number of alkyl halides is 2. The summed E-state index contributed by atoms with van der Waals surface area (Å²) in [6, 6.07) is 5.82. The van der Waals surface area contributed by atoms with Crippen LogP contribution < -0.4 is 0 Å². The molecule has 0 aliphatic heterocycles. The van der Waals surface area contributed by atoms with Crippen LogP contribution in [0.25, 0.3) is 0 Å². The molecule has 5 nitrogen and oxygen atoms in total. The summed E-state index contributed by atoms with van der Waals surface area (Å²) in [6.45, 7) is 0.788. The van der Waals surface area contributed by atoms with E-state index < -0.39 is 11.9 Å². The molecule has 0 spiro atoms. The zero-order valence-electron chi connectivity index (χ0n) is 12.0. The van der Waals surface area contributed by atoms with Crippen molar-refractivity contribution in [1.29, 1.82) is 0 Å². The number of pyridine rings is 2. The SMILES string of the molecule is COC(=O)c1ccc(/N=C/c2ccc(C(C)(F)F)nc2)nc1. The van der Waals surface area contributed by atoms with Gasteiger partial charge in [0.2, 0.25) is 0 Å². The van der Waals surface area contributed by atoms with Crippen molar-refractivity contribution in [3.05, 3.63) is 53.5 Å². The summed E-state index contributed by atoms with van der Waals surface area (Å²) in [5.74, 6) is -3.08. The molecule has 0 N–H and O–H groups in total. The zero-order chi connectivity index (χ0) is 16.2. The van der Waals surface area contributed by atoms with Crippen LogP contribution in [0.5, 0.6) is 0 Å². The number of carbonyl (C=O) groups is 1. The largest absolute Gasteiger partial charge is 0.465 e. The van der Waals surface area contributed by atoms with Crippen molar-refractivity contribution in [2.75, 3.05) is 7.11 Å². The average Bonchev–Trinajstić information content (AvgIpc) is 2.52. The van der Waals surface area contributed by atoms with Gasteiger partial charge in [-0.05, 0) is 24.3 Å². The Kier molecular flexibility index (Phi) is 4.55. The van der Waals surface area contributed by atoms with E-state index in [1.165, 1.54) is 43.9 Å². The topological polar surface area (TPSA) is 64.4 Å². The van der Waals surface area contributed by atoms with Gasteiger partial charge in [0.25, 0.3) is 5.92 Å². The molecule has 0 bridgehead atoms. The summed E-state index contributed by atoms with van der Waals surface area (Å²) in [4.78, 5) is 23.0. The van der Waals surface area contributed by atoms with Crippen LogP contribution in [0.15, 0.2) is 41.7 Å². The third-order valence-corrected chi connectivity index (χ3v) is 2.75. The minimum absolute atomic E-state index is 0.301. The van der Waals surface area contributed by atoms with Crippen LogP contribution in [0.2, 0.25) is 0 Å². The minimum Gasteiger partial charge on any atom is -0.465 e. The van der Waals surface area contributed by atoms with Crippen molar-refractivity contribution < 1.29 is 18.3 Å². The van der Waals surface area contributed by atoms with Gasteiger partial charge in [-0.2, -0.15) is 8.78 Å². The number of aliphatic imine (C=N–C) groups is 1. The van der Waals surface area contributed by atoms with E-state index in [2.05, 4.69) is 19.7 Å². The second-order valence-corrected chi connectivity index (χ2v) is 4.52. The molecule has 22 heavy (non-hydrogen) atoms. The van der Waals surface area contributed by atoms with E-state index in [1.54, 1.807) is 6.07 Å². The molecule has 2 aromatic rings. The van der Waals surface area contributed by atoms with E-state index in [0.29, 0.717) is 16.9 Å². The van der Waals surface area contributed by atoms with Crippen LogP contribution in [0.1, 0.15) is 28.5 Å². The highest BCUT2D eigenvalue weighted by Crippen LogP contribution is 2.24. The summed E-state index contributed by atoms with van der Waals surface area (Å²) in [6.07, 6.45) is 4.10. The van der Waals surface area contributed by atoms with E-state index >= 15 is 0 Å². The summed E-state index contributed by atoms with van der Waals surface area (Å²) >= 11 is 0. The summed E-state index contributed by atoms with van der Waals surface area (Å²) in [5, 5.41) is 0. The lowest BCUT2D eigenvalue weighted by Gasteiger charge is -2.08.